The predicted molar refractivity (Wildman–Crippen MR) is 124 cm³/mol. The van der Waals surface area contributed by atoms with Crippen LogP contribution in [0.3, 0.4) is 0 Å². The van der Waals surface area contributed by atoms with E-state index in [2.05, 4.69) is 20.6 Å². The zero-order valence-electron chi connectivity index (χ0n) is 17.7. The minimum Gasteiger partial charge on any atom is -0.474 e. The maximum Gasteiger partial charge on any atom is 0.414 e. The van der Waals surface area contributed by atoms with Gasteiger partial charge in [0.25, 0.3) is 0 Å². The van der Waals surface area contributed by atoms with Gasteiger partial charge >= 0.3 is 6.09 Å². The number of benzene rings is 1. The number of amides is 1. The van der Waals surface area contributed by atoms with Gasteiger partial charge in [0.15, 0.2) is 5.82 Å². The van der Waals surface area contributed by atoms with Gasteiger partial charge in [-0.15, -0.1) is 12.4 Å². The second-order valence-electron chi connectivity index (χ2n) is 7.93. The van der Waals surface area contributed by atoms with Gasteiger partial charge in [-0.1, -0.05) is 0 Å². The van der Waals surface area contributed by atoms with Gasteiger partial charge in [0.05, 0.1) is 17.8 Å². The van der Waals surface area contributed by atoms with E-state index < -0.39 is 18.0 Å². The molecule has 0 saturated heterocycles. The first-order valence-corrected chi connectivity index (χ1v) is 10.3. The van der Waals surface area contributed by atoms with Crippen molar-refractivity contribution < 1.29 is 23.8 Å². The normalized spacial score (nSPS) is 18.8. The molecule has 1 aliphatic heterocycles. The molecule has 2 aromatic heterocycles. The third-order valence-electron chi connectivity index (χ3n) is 5.95. The Bertz CT molecular complexity index is 1240. The number of pyridine rings is 2. The molecule has 1 aliphatic carbocycles. The van der Waals surface area contributed by atoms with Crippen molar-refractivity contribution in [3.8, 4) is 22.9 Å². The molecule has 1 fully saturated rings. The van der Waals surface area contributed by atoms with E-state index >= 15 is 4.39 Å². The highest BCUT2D eigenvalue weighted by atomic mass is 35.5. The van der Waals surface area contributed by atoms with E-state index in [4.69, 9.17) is 15.2 Å². The first kappa shape index (κ1) is 22.8. The van der Waals surface area contributed by atoms with Gasteiger partial charge in [-0.3, -0.25) is 0 Å². The summed E-state index contributed by atoms with van der Waals surface area (Å²) in [6.07, 6.45) is 2.98. The standard InChI is InChI=1S/C22H22FN5O4.ClH/c1-10-13(8-27-21-20(10)25-4-5-31-21)12-6-11-7-17(26-9-14(11)19(24)18(12)23)32-22(30)28-15-2-3-16(15)29;/h6-9,15-16,25,29H,2-5,24H2,1H3,(H,28,30);1H. The maximum absolute atomic E-state index is 15.2. The molecule has 174 valence electrons. The number of halogens is 2. The zero-order chi connectivity index (χ0) is 22.4. The molecule has 1 aromatic carbocycles. The molecule has 5 rings (SSSR count). The molecule has 3 aromatic rings. The molecule has 5 N–H and O–H groups in total. The number of nitrogens with zero attached hydrogens (tertiary/aromatic N) is 2. The molecule has 2 unspecified atom stereocenters. The minimum absolute atomic E-state index is 0. The Morgan fingerprint density at radius 2 is 2.12 bits per heavy atom. The monoisotopic (exact) mass is 475 g/mol. The number of aromatic nitrogens is 2. The number of aliphatic hydroxyl groups is 1. The molecular formula is C22H23ClFN5O4. The summed E-state index contributed by atoms with van der Waals surface area (Å²) < 4.78 is 26.0. The molecule has 2 aliphatic rings. The number of aliphatic hydroxyl groups excluding tert-OH is 1. The van der Waals surface area contributed by atoms with Crippen molar-refractivity contribution in [3.63, 3.8) is 0 Å². The number of hydrogen-bond acceptors (Lipinski definition) is 8. The van der Waals surface area contributed by atoms with E-state index in [1.54, 1.807) is 12.3 Å². The average Bonchev–Trinajstić information content (AvgIpc) is 2.79. The maximum atomic E-state index is 15.2. The highest BCUT2D eigenvalue weighted by Crippen LogP contribution is 2.39. The molecule has 1 amide bonds. The smallest absolute Gasteiger partial charge is 0.414 e. The number of nitrogen functional groups attached to an aromatic ring is 1. The van der Waals surface area contributed by atoms with Crippen LogP contribution >= 0.6 is 12.4 Å². The second kappa shape index (κ2) is 8.87. The third kappa shape index (κ3) is 4.07. The molecule has 33 heavy (non-hydrogen) atoms. The lowest BCUT2D eigenvalue weighted by Gasteiger charge is -2.32. The Hall–Kier alpha value is -3.37. The molecule has 11 heteroatoms. The van der Waals surface area contributed by atoms with E-state index in [0.29, 0.717) is 48.2 Å². The fraction of sp³-hybridized carbons (Fsp3) is 0.318. The lowest BCUT2D eigenvalue weighted by atomic mass is 9.89. The summed E-state index contributed by atoms with van der Waals surface area (Å²) >= 11 is 0. The third-order valence-corrected chi connectivity index (χ3v) is 5.95. The van der Waals surface area contributed by atoms with Crippen LogP contribution in [0, 0.1) is 12.7 Å². The molecule has 3 heterocycles. The van der Waals surface area contributed by atoms with Crippen LogP contribution in [-0.4, -0.2) is 46.5 Å². The number of nitrogens with one attached hydrogen (secondary N) is 2. The Kier molecular flexibility index (Phi) is 6.13. The fourth-order valence-corrected chi connectivity index (χ4v) is 3.95. The van der Waals surface area contributed by atoms with Gasteiger partial charge < -0.3 is 30.9 Å². The van der Waals surface area contributed by atoms with Gasteiger partial charge in [0.1, 0.15) is 12.3 Å². The van der Waals surface area contributed by atoms with E-state index in [0.717, 1.165) is 11.3 Å². The van der Waals surface area contributed by atoms with Crippen molar-refractivity contribution in [2.24, 2.45) is 0 Å². The topological polar surface area (TPSA) is 132 Å². The Morgan fingerprint density at radius 1 is 1.30 bits per heavy atom. The van der Waals surface area contributed by atoms with Gasteiger partial charge in [0.2, 0.25) is 11.8 Å². The number of hydrogen-bond donors (Lipinski definition) is 4. The summed E-state index contributed by atoms with van der Waals surface area (Å²) in [4.78, 5) is 20.5. The summed E-state index contributed by atoms with van der Waals surface area (Å²) in [5.74, 6) is -0.0588. The van der Waals surface area contributed by atoms with Crippen LogP contribution in [-0.2, 0) is 0 Å². The Morgan fingerprint density at radius 3 is 2.85 bits per heavy atom. The molecule has 0 spiro atoms. The highest BCUT2D eigenvalue weighted by Gasteiger charge is 2.30. The Balaban J connectivity index is 0.00000259. The van der Waals surface area contributed by atoms with Gasteiger partial charge in [-0.25, -0.2) is 19.2 Å². The zero-order valence-corrected chi connectivity index (χ0v) is 18.5. The number of carbonyl (C=O) groups is 1. The molecule has 0 bridgehead atoms. The van der Waals surface area contributed by atoms with Crippen LogP contribution < -0.4 is 25.8 Å². The van der Waals surface area contributed by atoms with Crippen molar-refractivity contribution in [3.05, 3.63) is 35.9 Å². The van der Waals surface area contributed by atoms with Crippen LogP contribution in [0.5, 0.6) is 11.8 Å². The van der Waals surface area contributed by atoms with Gasteiger partial charge in [-0.2, -0.15) is 0 Å². The van der Waals surface area contributed by atoms with Crippen molar-refractivity contribution in [2.75, 3.05) is 24.2 Å². The highest BCUT2D eigenvalue weighted by molar-refractivity contribution is 5.98. The molecule has 9 nitrogen and oxygen atoms in total. The van der Waals surface area contributed by atoms with Crippen LogP contribution in [0.1, 0.15) is 18.4 Å². The summed E-state index contributed by atoms with van der Waals surface area (Å²) in [7, 11) is 0. The van der Waals surface area contributed by atoms with E-state index in [-0.39, 0.29) is 35.6 Å². The average molecular weight is 476 g/mol. The summed E-state index contributed by atoms with van der Waals surface area (Å²) in [5, 5.41) is 16.4. The van der Waals surface area contributed by atoms with Crippen LogP contribution in [0.4, 0.5) is 20.6 Å². The Labute approximate surface area is 194 Å². The predicted octanol–water partition coefficient (Wildman–Crippen LogP) is 3.16. The van der Waals surface area contributed by atoms with Crippen LogP contribution in [0.2, 0.25) is 0 Å². The van der Waals surface area contributed by atoms with E-state index in [1.165, 1.54) is 12.3 Å². The van der Waals surface area contributed by atoms with Crippen LogP contribution in [0.25, 0.3) is 21.9 Å². The van der Waals surface area contributed by atoms with Crippen LogP contribution in [0.15, 0.2) is 24.5 Å². The summed E-state index contributed by atoms with van der Waals surface area (Å²) in [6.45, 7) is 3.00. The number of fused-ring (bicyclic) bond motifs is 2. The van der Waals surface area contributed by atoms with E-state index in [1.807, 2.05) is 6.92 Å². The lowest BCUT2D eigenvalue weighted by Crippen LogP contribution is -2.51. The minimum atomic E-state index is -0.711. The quantitative estimate of drug-likeness (QED) is 0.425. The summed E-state index contributed by atoms with van der Waals surface area (Å²) in [6, 6.07) is 2.83. The fourth-order valence-electron chi connectivity index (χ4n) is 3.95. The van der Waals surface area contributed by atoms with Crippen molar-refractivity contribution in [1.29, 1.82) is 0 Å². The molecule has 1 saturated carbocycles. The van der Waals surface area contributed by atoms with Crippen molar-refractivity contribution in [2.45, 2.75) is 31.9 Å². The number of ether oxygens (including phenoxy) is 2. The first-order valence-electron chi connectivity index (χ1n) is 10.3. The SMILES string of the molecule is Cc1c(-c2cc3cc(OC(=O)NC4CCC4O)ncc3c(N)c2F)cnc2c1NCCO2.Cl. The summed E-state index contributed by atoms with van der Waals surface area (Å²) in [5.41, 5.74) is 8.38. The molecule has 2 atom stereocenters. The number of nitrogens with two attached hydrogens (primary N) is 1. The van der Waals surface area contributed by atoms with Gasteiger partial charge in [-0.05, 0) is 36.8 Å². The number of carbonyl (C=O) groups excluding carboxylic acids is 1. The number of rotatable bonds is 3. The second-order valence-corrected chi connectivity index (χ2v) is 7.93. The van der Waals surface area contributed by atoms with Crippen molar-refractivity contribution in [1.82, 2.24) is 15.3 Å². The molecular weight excluding hydrogens is 453 g/mol. The van der Waals surface area contributed by atoms with E-state index in [9.17, 15) is 9.90 Å². The first-order chi connectivity index (χ1) is 15.4. The largest absolute Gasteiger partial charge is 0.474 e. The lowest BCUT2D eigenvalue weighted by molar-refractivity contribution is 0.0507. The number of anilines is 2. The van der Waals surface area contributed by atoms with Gasteiger partial charge in [0, 0.05) is 41.5 Å². The van der Waals surface area contributed by atoms with Crippen molar-refractivity contribution >= 4 is 40.6 Å². The molecule has 0 radical (unpaired) electrons.